The molecule has 0 bridgehead atoms. The van der Waals surface area contributed by atoms with Crippen LogP contribution in [0.4, 0.5) is 0 Å². The fourth-order valence-electron chi connectivity index (χ4n) is 2.99. The van der Waals surface area contributed by atoms with Crippen molar-refractivity contribution in [3.05, 3.63) is 56.2 Å². The maximum Gasteiger partial charge on any atom is 0.0934 e. The Morgan fingerprint density at radius 1 is 1.29 bits per heavy atom. The molecule has 1 unspecified atom stereocenters. The first kappa shape index (κ1) is 15.1. The minimum atomic E-state index is 0.460. The molecule has 1 N–H and O–H groups in total. The number of hydrogen-bond acceptors (Lipinski definition) is 2. The molecule has 112 valence electrons. The molecule has 1 atom stereocenters. The fourth-order valence-corrected chi connectivity index (χ4v) is 4.38. The van der Waals surface area contributed by atoms with Crippen molar-refractivity contribution >= 4 is 22.9 Å². The van der Waals surface area contributed by atoms with Gasteiger partial charge in [-0.3, -0.25) is 0 Å². The molecule has 1 aromatic heterocycles. The van der Waals surface area contributed by atoms with Crippen molar-refractivity contribution in [2.75, 3.05) is 0 Å². The predicted molar refractivity (Wildman–Crippen MR) is 92.4 cm³/mol. The Hall–Kier alpha value is -0.830. The Labute approximate surface area is 136 Å². The molecular formula is C18H22ClNS. The molecule has 0 aliphatic heterocycles. The summed E-state index contributed by atoms with van der Waals surface area (Å²) >= 11 is 7.92. The standard InChI is InChI=1S/C18H22ClNS/c1-12(2)14-8-6-13(7-9-14)11-20-16-4-3-5-17-15(16)10-18(19)21-17/h6-10,12,16,20H,3-5,11H2,1-2H3. The Morgan fingerprint density at radius 2 is 2.05 bits per heavy atom. The van der Waals surface area contributed by atoms with Crippen LogP contribution in [0.15, 0.2) is 30.3 Å². The highest BCUT2D eigenvalue weighted by atomic mass is 35.5. The lowest BCUT2D eigenvalue weighted by Crippen LogP contribution is -2.23. The van der Waals surface area contributed by atoms with Crippen LogP contribution in [0.2, 0.25) is 4.34 Å². The van der Waals surface area contributed by atoms with Crippen molar-refractivity contribution in [3.63, 3.8) is 0 Å². The van der Waals surface area contributed by atoms with Crippen molar-refractivity contribution in [2.24, 2.45) is 0 Å². The predicted octanol–water partition coefficient (Wildman–Crippen LogP) is 5.69. The van der Waals surface area contributed by atoms with Gasteiger partial charge >= 0.3 is 0 Å². The van der Waals surface area contributed by atoms with Crippen molar-refractivity contribution in [1.82, 2.24) is 5.32 Å². The summed E-state index contributed by atoms with van der Waals surface area (Å²) in [6.07, 6.45) is 3.66. The number of benzene rings is 1. The molecule has 3 rings (SSSR count). The van der Waals surface area contributed by atoms with Crippen LogP contribution in [0.5, 0.6) is 0 Å². The number of nitrogens with one attached hydrogen (secondary N) is 1. The SMILES string of the molecule is CC(C)c1ccc(CNC2CCCc3sc(Cl)cc32)cc1. The average Bonchev–Trinajstić information content (AvgIpc) is 2.86. The minimum absolute atomic E-state index is 0.460. The minimum Gasteiger partial charge on any atom is -0.306 e. The molecule has 2 aromatic rings. The van der Waals surface area contributed by atoms with Crippen LogP contribution in [0.25, 0.3) is 0 Å². The van der Waals surface area contributed by atoms with Crippen LogP contribution in [0.3, 0.4) is 0 Å². The zero-order chi connectivity index (χ0) is 14.8. The summed E-state index contributed by atoms with van der Waals surface area (Å²) < 4.78 is 0.926. The van der Waals surface area contributed by atoms with E-state index < -0.39 is 0 Å². The molecule has 1 aromatic carbocycles. The molecule has 21 heavy (non-hydrogen) atoms. The molecule has 1 nitrogen and oxygen atoms in total. The lowest BCUT2D eigenvalue weighted by molar-refractivity contribution is 0.463. The molecule has 1 heterocycles. The summed E-state index contributed by atoms with van der Waals surface area (Å²) in [6, 6.07) is 11.6. The number of hydrogen-bond donors (Lipinski definition) is 1. The van der Waals surface area contributed by atoms with Gasteiger partial charge in [-0.15, -0.1) is 11.3 Å². The third-order valence-corrected chi connectivity index (χ3v) is 5.62. The topological polar surface area (TPSA) is 12.0 Å². The van der Waals surface area contributed by atoms with Crippen molar-refractivity contribution in [2.45, 2.75) is 51.6 Å². The molecule has 3 heteroatoms. The number of fused-ring (bicyclic) bond motifs is 1. The van der Waals surface area contributed by atoms with Gasteiger partial charge < -0.3 is 5.32 Å². The molecule has 0 spiro atoms. The van der Waals surface area contributed by atoms with Gasteiger partial charge in [0.25, 0.3) is 0 Å². The molecule has 1 aliphatic carbocycles. The number of halogens is 1. The quantitative estimate of drug-likeness (QED) is 0.763. The maximum atomic E-state index is 6.17. The Balaban J connectivity index is 1.65. The molecule has 0 fully saturated rings. The van der Waals surface area contributed by atoms with Gasteiger partial charge in [-0.2, -0.15) is 0 Å². The van der Waals surface area contributed by atoms with E-state index in [0.29, 0.717) is 12.0 Å². The number of thiophene rings is 1. The van der Waals surface area contributed by atoms with Gasteiger partial charge in [0.05, 0.1) is 4.34 Å². The summed E-state index contributed by atoms with van der Waals surface area (Å²) in [5.41, 5.74) is 4.19. The summed E-state index contributed by atoms with van der Waals surface area (Å²) in [4.78, 5) is 1.47. The second kappa shape index (κ2) is 6.51. The first-order valence-corrected chi connectivity index (χ1v) is 8.93. The highest BCUT2D eigenvalue weighted by molar-refractivity contribution is 7.16. The Bertz CT molecular complexity index is 600. The van der Waals surface area contributed by atoms with Crippen molar-refractivity contribution in [1.29, 1.82) is 0 Å². The van der Waals surface area contributed by atoms with Gasteiger partial charge in [-0.1, -0.05) is 49.7 Å². The summed E-state index contributed by atoms with van der Waals surface area (Å²) in [5, 5.41) is 3.70. The van der Waals surface area contributed by atoms with E-state index in [1.54, 1.807) is 11.3 Å². The smallest absolute Gasteiger partial charge is 0.0934 e. The maximum absolute atomic E-state index is 6.17. The lowest BCUT2D eigenvalue weighted by Gasteiger charge is -2.23. The first-order chi connectivity index (χ1) is 10.1. The highest BCUT2D eigenvalue weighted by Gasteiger charge is 2.22. The van der Waals surface area contributed by atoms with Gasteiger partial charge in [-0.25, -0.2) is 0 Å². The molecule has 0 saturated heterocycles. The van der Waals surface area contributed by atoms with Gasteiger partial charge in [0.15, 0.2) is 0 Å². The van der Waals surface area contributed by atoms with Gasteiger partial charge in [0, 0.05) is 17.5 Å². The van der Waals surface area contributed by atoms with Gasteiger partial charge in [-0.05, 0) is 47.9 Å². The van der Waals surface area contributed by atoms with Crippen LogP contribution in [-0.2, 0) is 13.0 Å². The summed E-state index contributed by atoms with van der Waals surface area (Å²) in [5.74, 6) is 0.598. The normalized spacial score (nSPS) is 18.0. The molecular weight excluding hydrogens is 298 g/mol. The molecule has 1 aliphatic rings. The average molecular weight is 320 g/mol. The van der Waals surface area contributed by atoms with E-state index in [0.717, 1.165) is 10.9 Å². The number of rotatable bonds is 4. The van der Waals surface area contributed by atoms with Crippen LogP contribution in [0.1, 0.15) is 60.2 Å². The number of aryl methyl sites for hydroxylation is 1. The fraction of sp³-hybridized carbons (Fsp3) is 0.444. The summed E-state index contributed by atoms with van der Waals surface area (Å²) in [6.45, 7) is 5.39. The van der Waals surface area contributed by atoms with E-state index in [-0.39, 0.29) is 0 Å². The van der Waals surface area contributed by atoms with Crippen LogP contribution < -0.4 is 5.32 Å². The highest BCUT2D eigenvalue weighted by Crippen LogP contribution is 2.37. The third-order valence-electron chi connectivity index (χ3n) is 4.28. The van der Waals surface area contributed by atoms with E-state index in [1.165, 1.54) is 40.8 Å². The first-order valence-electron chi connectivity index (χ1n) is 7.74. The van der Waals surface area contributed by atoms with E-state index in [4.69, 9.17) is 11.6 Å². The molecule has 0 radical (unpaired) electrons. The van der Waals surface area contributed by atoms with Crippen LogP contribution in [-0.4, -0.2) is 0 Å². The second-order valence-electron chi connectivity index (χ2n) is 6.15. The zero-order valence-electron chi connectivity index (χ0n) is 12.7. The van der Waals surface area contributed by atoms with Crippen LogP contribution in [0, 0.1) is 0 Å². The Morgan fingerprint density at radius 3 is 2.76 bits per heavy atom. The van der Waals surface area contributed by atoms with Crippen LogP contribution >= 0.6 is 22.9 Å². The largest absolute Gasteiger partial charge is 0.306 e. The monoisotopic (exact) mass is 319 g/mol. The third kappa shape index (κ3) is 3.50. The van der Waals surface area contributed by atoms with E-state index in [2.05, 4.69) is 49.5 Å². The van der Waals surface area contributed by atoms with Gasteiger partial charge in [0.1, 0.15) is 0 Å². The summed E-state index contributed by atoms with van der Waals surface area (Å²) in [7, 11) is 0. The zero-order valence-corrected chi connectivity index (χ0v) is 14.2. The lowest BCUT2D eigenvalue weighted by atomic mass is 9.94. The molecule has 0 amide bonds. The second-order valence-corrected chi connectivity index (χ2v) is 7.92. The van der Waals surface area contributed by atoms with Crippen molar-refractivity contribution < 1.29 is 0 Å². The van der Waals surface area contributed by atoms with Gasteiger partial charge in [0.2, 0.25) is 0 Å². The van der Waals surface area contributed by atoms with E-state index >= 15 is 0 Å². The Kier molecular flexibility index (Phi) is 4.68. The van der Waals surface area contributed by atoms with Crippen molar-refractivity contribution in [3.8, 4) is 0 Å². The molecule has 0 saturated carbocycles. The van der Waals surface area contributed by atoms with E-state index in [9.17, 15) is 0 Å². The van der Waals surface area contributed by atoms with E-state index in [1.807, 2.05) is 0 Å².